The van der Waals surface area contributed by atoms with Crippen LogP contribution in [0.15, 0.2) is 36.4 Å². The van der Waals surface area contributed by atoms with E-state index in [4.69, 9.17) is 4.74 Å². The molecule has 1 aromatic rings. The van der Waals surface area contributed by atoms with Crippen molar-refractivity contribution >= 4 is 11.9 Å². The van der Waals surface area contributed by atoms with E-state index >= 15 is 0 Å². The van der Waals surface area contributed by atoms with E-state index in [2.05, 4.69) is 6.58 Å². The topological polar surface area (TPSA) is 63.3 Å². The molecule has 0 saturated carbocycles. The Labute approximate surface area is 86.8 Å². The van der Waals surface area contributed by atoms with Gasteiger partial charge in [0.25, 0.3) is 0 Å². The predicted octanol–water partition coefficient (Wildman–Crippen LogP) is 1.74. The average molecular weight is 205 g/mol. The zero-order valence-electron chi connectivity index (χ0n) is 8.15. The molecule has 0 amide bonds. The van der Waals surface area contributed by atoms with E-state index in [1.54, 1.807) is 0 Å². The second kappa shape index (κ2) is 4.41. The maximum absolute atomic E-state index is 11.1. The molecule has 4 heteroatoms. The predicted molar refractivity (Wildman–Crippen MR) is 51.9 cm³/mol. The van der Waals surface area contributed by atoms with Crippen molar-refractivity contribution in [1.82, 2.24) is 0 Å². The van der Waals surface area contributed by atoms with E-state index in [0.29, 0.717) is 0 Å². The minimum Gasteiger partial charge on any atom is -0.423 e. The Morgan fingerprint density at radius 2 is 1.73 bits per heavy atom. The number of esters is 1. The number of ether oxygens (including phenoxy) is 1. The molecule has 1 rings (SSSR count). The van der Waals surface area contributed by atoms with Gasteiger partial charge in [0.05, 0.1) is 5.56 Å². The molecule has 0 N–H and O–H groups in total. The highest BCUT2D eigenvalue weighted by Gasteiger charge is 2.07. The van der Waals surface area contributed by atoms with Crippen molar-refractivity contribution < 1.29 is 19.4 Å². The number of hydrogen-bond acceptors (Lipinski definition) is 3. The number of hydrogen-bond donors (Lipinski definition) is 0. The lowest BCUT2D eigenvalue weighted by atomic mass is 10.2. The lowest BCUT2D eigenvalue weighted by molar-refractivity contribution is -0.130. The van der Waals surface area contributed by atoms with Gasteiger partial charge in [-0.25, -0.2) is 14.7 Å². The third-order valence-corrected chi connectivity index (χ3v) is 1.65. The summed E-state index contributed by atoms with van der Waals surface area (Å²) in [7, 11) is 0. The van der Waals surface area contributed by atoms with Gasteiger partial charge >= 0.3 is 11.9 Å². The van der Waals surface area contributed by atoms with E-state index in [-0.39, 0.29) is 16.9 Å². The fraction of sp³-hybridized carbons (Fsp3) is 0.0909. The Kier molecular flexibility index (Phi) is 3.23. The number of benzene rings is 1. The molecule has 15 heavy (non-hydrogen) atoms. The maximum atomic E-state index is 11.1. The van der Waals surface area contributed by atoms with E-state index in [0.717, 1.165) is 0 Å². The summed E-state index contributed by atoms with van der Waals surface area (Å²) in [6.07, 6.45) is 0. The van der Waals surface area contributed by atoms with Crippen molar-refractivity contribution in [3.8, 4) is 5.75 Å². The first-order valence-corrected chi connectivity index (χ1v) is 4.20. The molecule has 0 aliphatic heterocycles. The molecule has 0 aliphatic carbocycles. The summed E-state index contributed by atoms with van der Waals surface area (Å²) < 4.78 is 4.86. The first-order valence-electron chi connectivity index (χ1n) is 4.20. The molecule has 0 aromatic heterocycles. The standard InChI is InChI=1S/C11H9O4/c1-7(2)11(14)15-9-5-3-8(4-6-9)10(12)13/h3-6H,1H2,2H3. The van der Waals surface area contributed by atoms with Crippen molar-refractivity contribution in [1.29, 1.82) is 0 Å². The lowest BCUT2D eigenvalue weighted by Gasteiger charge is -2.02. The highest BCUT2D eigenvalue weighted by Crippen LogP contribution is 2.13. The van der Waals surface area contributed by atoms with Crippen molar-refractivity contribution in [2.45, 2.75) is 6.92 Å². The Hall–Kier alpha value is -2.10. The summed E-state index contributed by atoms with van der Waals surface area (Å²) in [6.45, 7) is 4.94. The molecule has 0 atom stereocenters. The molecule has 0 spiro atoms. The molecular formula is C11H9O4. The van der Waals surface area contributed by atoms with Gasteiger partial charge in [0.1, 0.15) is 5.75 Å². The molecule has 0 fully saturated rings. The summed E-state index contributed by atoms with van der Waals surface area (Å²) in [4.78, 5) is 21.5. The molecular weight excluding hydrogens is 196 g/mol. The minimum atomic E-state index is -1.27. The molecule has 0 unspecified atom stereocenters. The van der Waals surface area contributed by atoms with Gasteiger partial charge in [-0.15, -0.1) is 0 Å². The first kappa shape index (κ1) is 11.0. The van der Waals surface area contributed by atoms with Gasteiger partial charge in [-0.1, -0.05) is 6.58 Å². The highest BCUT2D eigenvalue weighted by atomic mass is 16.5. The molecule has 0 saturated heterocycles. The fourth-order valence-electron chi connectivity index (χ4n) is 0.853. The van der Waals surface area contributed by atoms with Crippen LogP contribution in [-0.4, -0.2) is 11.9 Å². The van der Waals surface area contributed by atoms with Crippen molar-refractivity contribution in [3.05, 3.63) is 42.0 Å². The molecule has 0 heterocycles. The largest absolute Gasteiger partial charge is 0.423 e. The summed E-state index contributed by atoms with van der Waals surface area (Å²) in [5.41, 5.74) is 0.309. The third kappa shape index (κ3) is 2.95. The quantitative estimate of drug-likeness (QED) is 0.429. The van der Waals surface area contributed by atoms with Crippen LogP contribution < -0.4 is 4.74 Å². The van der Waals surface area contributed by atoms with Gasteiger partial charge in [-0.05, 0) is 31.2 Å². The van der Waals surface area contributed by atoms with Crippen LogP contribution in [0, 0.1) is 0 Å². The van der Waals surface area contributed by atoms with Crippen LogP contribution in [0.3, 0.4) is 0 Å². The van der Waals surface area contributed by atoms with Crippen molar-refractivity contribution in [2.24, 2.45) is 0 Å². The van der Waals surface area contributed by atoms with Gasteiger partial charge in [0.2, 0.25) is 0 Å². The van der Waals surface area contributed by atoms with E-state index in [1.807, 2.05) is 0 Å². The van der Waals surface area contributed by atoms with Crippen LogP contribution >= 0.6 is 0 Å². The first-order chi connectivity index (χ1) is 7.00. The summed E-state index contributed by atoms with van der Waals surface area (Å²) >= 11 is 0. The average Bonchev–Trinajstić information content (AvgIpc) is 2.18. The van der Waals surface area contributed by atoms with Gasteiger partial charge in [0, 0.05) is 5.57 Å². The second-order valence-corrected chi connectivity index (χ2v) is 2.98. The van der Waals surface area contributed by atoms with E-state index < -0.39 is 11.9 Å². The fourth-order valence-corrected chi connectivity index (χ4v) is 0.853. The number of rotatable bonds is 3. The van der Waals surface area contributed by atoms with Crippen molar-refractivity contribution in [3.63, 3.8) is 0 Å². The number of carbonyl (C=O) groups is 2. The van der Waals surface area contributed by atoms with Crippen LogP contribution in [0.2, 0.25) is 0 Å². The minimum absolute atomic E-state index is 0.0325. The molecule has 4 nitrogen and oxygen atoms in total. The summed E-state index contributed by atoms with van der Waals surface area (Å²) in [5, 5.41) is 10.4. The van der Waals surface area contributed by atoms with E-state index in [1.165, 1.54) is 31.2 Å². The molecule has 77 valence electrons. The second-order valence-electron chi connectivity index (χ2n) is 2.98. The summed E-state index contributed by atoms with van der Waals surface area (Å²) in [5.74, 6) is -1.54. The van der Waals surface area contributed by atoms with Crippen molar-refractivity contribution in [2.75, 3.05) is 0 Å². The zero-order valence-corrected chi connectivity index (χ0v) is 8.15. The van der Waals surface area contributed by atoms with Crippen LogP contribution in [-0.2, 0) is 9.90 Å². The Bertz CT molecular complexity index is 403. The monoisotopic (exact) mass is 205 g/mol. The lowest BCUT2D eigenvalue weighted by Crippen LogP contribution is -2.08. The third-order valence-electron chi connectivity index (χ3n) is 1.65. The van der Waals surface area contributed by atoms with Crippen LogP contribution in [0.25, 0.3) is 0 Å². The zero-order chi connectivity index (χ0) is 11.4. The van der Waals surface area contributed by atoms with Gasteiger partial charge < -0.3 is 4.74 Å². The summed E-state index contributed by atoms with van der Waals surface area (Å²) in [6, 6.07) is 5.37. The molecule has 1 aromatic carbocycles. The highest BCUT2D eigenvalue weighted by molar-refractivity contribution is 5.89. The van der Waals surface area contributed by atoms with Gasteiger partial charge in [-0.3, -0.25) is 0 Å². The molecule has 1 radical (unpaired) electrons. The van der Waals surface area contributed by atoms with Gasteiger partial charge in [0.15, 0.2) is 0 Å². The van der Waals surface area contributed by atoms with Gasteiger partial charge in [-0.2, -0.15) is 0 Å². The Morgan fingerprint density at radius 1 is 1.20 bits per heavy atom. The SMILES string of the molecule is C=C(C)C(=O)Oc1ccc(C([O])=O)cc1. The van der Waals surface area contributed by atoms with Crippen LogP contribution in [0.5, 0.6) is 5.75 Å². The number of carbonyl (C=O) groups excluding carboxylic acids is 2. The molecule has 0 aliphatic rings. The smallest absolute Gasteiger partial charge is 0.386 e. The Balaban J connectivity index is 2.77. The maximum Gasteiger partial charge on any atom is 0.386 e. The normalized spacial score (nSPS) is 9.40. The molecule has 0 bridgehead atoms. The van der Waals surface area contributed by atoms with Crippen LogP contribution in [0.4, 0.5) is 0 Å². The van der Waals surface area contributed by atoms with E-state index in [9.17, 15) is 14.7 Å². The van der Waals surface area contributed by atoms with Crippen LogP contribution in [0.1, 0.15) is 17.3 Å². The Morgan fingerprint density at radius 3 is 2.13 bits per heavy atom.